The van der Waals surface area contributed by atoms with Gasteiger partial charge in [0.05, 0.1) is 5.39 Å². The molecule has 3 heterocycles. The summed E-state index contributed by atoms with van der Waals surface area (Å²) in [6.45, 7) is 4.63. The van der Waals surface area contributed by atoms with E-state index in [1.807, 2.05) is 16.7 Å². The number of pyridine rings is 1. The molecule has 5 heteroatoms. The topological polar surface area (TPSA) is 51.0 Å². The van der Waals surface area contributed by atoms with E-state index >= 15 is 0 Å². The molecule has 0 atom stereocenters. The van der Waals surface area contributed by atoms with Crippen LogP contribution in [0.25, 0.3) is 11.0 Å². The second kappa shape index (κ2) is 5.50. The zero-order valence-corrected chi connectivity index (χ0v) is 13.1. The molecule has 0 unspecified atom stereocenters. The molecule has 5 nitrogen and oxygen atoms in total. The fourth-order valence-corrected chi connectivity index (χ4v) is 3.15. The van der Waals surface area contributed by atoms with Crippen LogP contribution >= 0.6 is 0 Å². The Morgan fingerprint density at radius 3 is 2.52 bits per heavy atom. The number of nitrogens with zero attached hydrogens (tertiary/aromatic N) is 4. The number of aromatic nitrogens is 3. The van der Waals surface area contributed by atoms with Gasteiger partial charge in [0.15, 0.2) is 0 Å². The highest BCUT2D eigenvalue weighted by molar-refractivity contribution is 5.76. The molecule has 0 N–H and O–H groups in total. The Morgan fingerprint density at radius 1 is 1.09 bits per heavy atom. The van der Waals surface area contributed by atoms with Crippen molar-refractivity contribution in [1.82, 2.24) is 14.5 Å². The quantitative estimate of drug-likeness (QED) is 0.746. The minimum Gasteiger partial charge on any atom is -0.348 e. The van der Waals surface area contributed by atoms with E-state index in [0.29, 0.717) is 5.39 Å². The van der Waals surface area contributed by atoms with Crippen LogP contribution in [0.5, 0.6) is 0 Å². The lowest BCUT2D eigenvalue weighted by molar-refractivity contribution is 0.676. The van der Waals surface area contributed by atoms with Gasteiger partial charge in [0.25, 0.3) is 5.56 Å². The van der Waals surface area contributed by atoms with E-state index in [9.17, 15) is 4.79 Å². The second-order valence-corrected chi connectivity index (χ2v) is 5.91. The van der Waals surface area contributed by atoms with Gasteiger partial charge >= 0.3 is 0 Å². The van der Waals surface area contributed by atoms with Crippen molar-refractivity contribution in [3.63, 3.8) is 0 Å². The van der Waals surface area contributed by atoms with Crippen LogP contribution in [0, 0.1) is 0 Å². The van der Waals surface area contributed by atoms with Crippen molar-refractivity contribution in [1.29, 1.82) is 0 Å². The predicted octanol–water partition coefficient (Wildman–Crippen LogP) is 2.72. The molecule has 3 aromatic rings. The molecule has 0 radical (unpaired) electrons. The smallest absolute Gasteiger partial charge is 0.282 e. The number of rotatable bonds is 3. The summed E-state index contributed by atoms with van der Waals surface area (Å²) >= 11 is 0. The third kappa shape index (κ3) is 2.38. The molecule has 4 rings (SSSR count). The maximum atomic E-state index is 12.0. The largest absolute Gasteiger partial charge is 0.348 e. The Balaban J connectivity index is 1.78. The van der Waals surface area contributed by atoms with Crippen molar-refractivity contribution in [2.75, 3.05) is 4.90 Å². The van der Waals surface area contributed by atoms with Crippen molar-refractivity contribution < 1.29 is 0 Å². The lowest BCUT2D eigenvalue weighted by Gasteiger charge is -2.17. The first-order valence-corrected chi connectivity index (χ1v) is 7.94. The van der Waals surface area contributed by atoms with Gasteiger partial charge in [0.2, 0.25) is 0 Å². The summed E-state index contributed by atoms with van der Waals surface area (Å²) in [7, 11) is 0. The third-order valence-electron chi connectivity index (χ3n) is 4.31. The summed E-state index contributed by atoms with van der Waals surface area (Å²) in [5.74, 6) is 0.907. The van der Waals surface area contributed by atoms with Gasteiger partial charge in [0, 0.05) is 19.6 Å². The Labute approximate surface area is 134 Å². The number of aryl methyl sites for hydroxylation is 1. The zero-order chi connectivity index (χ0) is 15.8. The maximum absolute atomic E-state index is 12.0. The van der Waals surface area contributed by atoms with Crippen molar-refractivity contribution >= 4 is 16.9 Å². The number of anilines is 1. The highest BCUT2D eigenvalue weighted by Gasteiger charge is 2.20. The van der Waals surface area contributed by atoms with Crippen LogP contribution < -0.4 is 10.5 Å². The normalized spacial score (nSPS) is 13.5. The second-order valence-electron chi connectivity index (χ2n) is 5.91. The summed E-state index contributed by atoms with van der Waals surface area (Å²) in [5.41, 5.74) is 3.20. The first-order valence-electron chi connectivity index (χ1n) is 7.94. The van der Waals surface area contributed by atoms with Crippen LogP contribution in [0.4, 0.5) is 5.82 Å². The van der Waals surface area contributed by atoms with Gasteiger partial charge in [-0.05, 0) is 29.7 Å². The summed E-state index contributed by atoms with van der Waals surface area (Å²) in [6.07, 6.45) is 2.57. The highest BCUT2D eigenvalue weighted by Crippen LogP contribution is 2.27. The van der Waals surface area contributed by atoms with Crippen molar-refractivity contribution in [3.05, 3.63) is 64.2 Å². The number of hydrogen-bond donors (Lipinski definition) is 0. The summed E-state index contributed by atoms with van der Waals surface area (Å²) in [6, 6.07) is 12.2. The van der Waals surface area contributed by atoms with Gasteiger partial charge in [-0.1, -0.05) is 31.2 Å². The number of hydrogen-bond acceptors (Lipinski definition) is 4. The molecule has 2 aromatic heterocycles. The Hall–Kier alpha value is -2.69. The fraction of sp³-hybridized carbons (Fsp3) is 0.278. The van der Waals surface area contributed by atoms with Gasteiger partial charge in [-0.25, -0.2) is 4.98 Å². The van der Waals surface area contributed by atoms with E-state index in [1.54, 1.807) is 6.33 Å². The predicted molar refractivity (Wildman–Crippen MR) is 90.4 cm³/mol. The van der Waals surface area contributed by atoms with E-state index in [4.69, 9.17) is 4.98 Å². The van der Waals surface area contributed by atoms with Gasteiger partial charge in [-0.15, -0.1) is 0 Å². The molecule has 0 amide bonds. The average Bonchev–Trinajstić information content (AvgIpc) is 3.01. The Bertz CT molecular complexity index is 907. The fourth-order valence-electron chi connectivity index (χ4n) is 3.15. The van der Waals surface area contributed by atoms with Gasteiger partial charge in [-0.3, -0.25) is 4.79 Å². The Morgan fingerprint density at radius 2 is 1.83 bits per heavy atom. The van der Waals surface area contributed by atoms with Crippen LogP contribution in [0.15, 0.2) is 47.5 Å². The lowest BCUT2D eigenvalue weighted by Crippen LogP contribution is -2.19. The zero-order valence-electron chi connectivity index (χ0n) is 13.1. The molecule has 1 aromatic carbocycles. The molecule has 116 valence electrons. The lowest BCUT2D eigenvalue weighted by atomic mass is 10.1. The van der Waals surface area contributed by atoms with Gasteiger partial charge in [0.1, 0.15) is 17.8 Å². The molecule has 0 bridgehead atoms. The minimum atomic E-state index is -0.212. The van der Waals surface area contributed by atoms with E-state index in [2.05, 4.69) is 41.1 Å². The van der Waals surface area contributed by atoms with E-state index < -0.39 is 0 Å². The van der Waals surface area contributed by atoms with Crippen LogP contribution in [-0.4, -0.2) is 14.5 Å². The van der Waals surface area contributed by atoms with E-state index in [1.165, 1.54) is 11.1 Å². The van der Waals surface area contributed by atoms with Crippen LogP contribution in [-0.2, 0) is 19.6 Å². The van der Waals surface area contributed by atoms with Crippen LogP contribution in [0.1, 0.15) is 24.5 Å². The maximum Gasteiger partial charge on any atom is 0.282 e. The van der Waals surface area contributed by atoms with E-state index in [-0.39, 0.29) is 5.56 Å². The van der Waals surface area contributed by atoms with Crippen molar-refractivity contribution in [2.45, 2.75) is 33.0 Å². The van der Waals surface area contributed by atoms with Crippen molar-refractivity contribution in [2.24, 2.45) is 0 Å². The molecule has 0 saturated heterocycles. The van der Waals surface area contributed by atoms with Crippen molar-refractivity contribution in [3.8, 4) is 0 Å². The number of benzene rings is 1. The van der Waals surface area contributed by atoms with E-state index in [0.717, 1.165) is 37.5 Å². The molecule has 0 saturated carbocycles. The number of fused-ring (bicyclic) bond motifs is 2. The molecule has 23 heavy (non-hydrogen) atoms. The Kier molecular flexibility index (Phi) is 3.33. The van der Waals surface area contributed by atoms with Crippen LogP contribution in [0.2, 0.25) is 0 Å². The monoisotopic (exact) mass is 306 g/mol. The van der Waals surface area contributed by atoms with Gasteiger partial charge in [-0.2, -0.15) is 4.98 Å². The van der Waals surface area contributed by atoms with Crippen LogP contribution in [0.3, 0.4) is 0 Å². The average molecular weight is 306 g/mol. The minimum absolute atomic E-state index is 0.212. The summed E-state index contributed by atoms with van der Waals surface area (Å²) < 4.78 is 1.96. The molecular weight excluding hydrogens is 288 g/mol. The summed E-state index contributed by atoms with van der Waals surface area (Å²) in [4.78, 5) is 22.9. The standard InChI is InChI=1S/C18H18N4O/c1-2-9-21-12-19-18(23)15-7-8-16(20-17(15)21)22-10-13-5-3-4-6-14(13)11-22/h3-8,12H,2,9-11H2,1H3. The molecule has 0 aliphatic carbocycles. The molecule has 1 aliphatic rings. The molecular formula is C18H18N4O. The SMILES string of the molecule is CCCn1cnc(=O)c2ccc(N3Cc4ccccc4C3)nc21. The molecule has 1 aliphatic heterocycles. The molecule has 0 fully saturated rings. The molecule has 0 spiro atoms. The highest BCUT2D eigenvalue weighted by atomic mass is 16.1. The summed E-state index contributed by atoms with van der Waals surface area (Å²) in [5, 5.41) is 0.585. The first kappa shape index (κ1) is 13.9. The third-order valence-corrected chi connectivity index (χ3v) is 4.31. The first-order chi connectivity index (χ1) is 11.3. The van der Waals surface area contributed by atoms with Gasteiger partial charge < -0.3 is 9.47 Å².